The minimum atomic E-state index is -0.545. The maximum Gasteiger partial charge on any atom is 0.416 e. The van der Waals surface area contributed by atoms with Crippen molar-refractivity contribution in [2.24, 2.45) is 5.73 Å². The Balaban J connectivity index is 2.04. The maximum absolute atomic E-state index is 12.1. The lowest BCUT2D eigenvalue weighted by Crippen LogP contribution is -2.47. The van der Waals surface area contributed by atoms with Crippen LogP contribution in [0.25, 0.3) is 0 Å². The van der Waals surface area contributed by atoms with E-state index in [0.717, 1.165) is 13.0 Å². The van der Waals surface area contributed by atoms with E-state index in [1.54, 1.807) is 24.3 Å². The number of primary amides is 1. The Kier molecular flexibility index (Phi) is 4.35. The molecule has 0 aliphatic carbocycles. The Hall–Kier alpha value is -2.08. The van der Waals surface area contributed by atoms with Gasteiger partial charge in [0.25, 0.3) is 0 Å². The first-order valence-electron chi connectivity index (χ1n) is 6.19. The lowest BCUT2D eigenvalue weighted by atomic mass is 10.2. The van der Waals surface area contributed by atoms with Crippen molar-refractivity contribution >= 4 is 12.0 Å². The lowest BCUT2D eigenvalue weighted by Gasteiger charge is -2.26. The molecular formula is C13H17N3O3. The summed E-state index contributed by atoms with van der Waals surface area (Å²) in [5.41, 5.74) is 5.18. The van der Waals surface area contributed by atoms with Crippen LogP contribution in [-0.4, -0.2) is 42.6 Å². The number of nitrogens with one attached hydrogen (secondary N) is 1. The van der Waals surface area contributed by atoms with Gasteiger partial charge in [0.1, 0.15) is 12.3 Å². The maximum atomic E-state index is 12.1. The summed E-state index contributed by atoms with van der Waals surface area (Å²) in [5, 5.41) is 3.14. The number of ether oxygens (including phenoxy) is 1. The molecule has 3 N–H and O–H groups in total. The Labute approximate surface area is 111 Å². The van der Waals surface area contributed by atoms with Crippen molar-refractivity contribution in [1.29, 1.82) is 0 Å². The van der Waals surface area contributed by atoms with Gasteiger partial charge < -0.3 is 15.8 Å². The van der Waals surface area contributed by atoms with E-state index in [4.69, 9.17) is 10.5 Å². The number of rotatable bonds is 4. The summed E-state index contributed by atoms with van der Waals surface area (Å²) in [6, 6.07) is 8.71. The van der Waals surface area contributed by atoms with Gasteiger partial charge in [-0.25, -0.2) is 4.79 Å². The average Bonchev–Trinajstić information content (AvgIpc) is 2.90. The summed E-state index contributed by atoms with van der Waals surface area (Å²) in [7, 11) is 0. The first-order valence-corrected chi connectivity index (χ1v) is 6.19. The highest BCUT2D eigenvalue weighted by Crippen LogP contribution is 2.14. The fourth-order valence-corrected chi connectivity index (χ4v) is 2.06. The second kappa shape index (κ2) is 6.19. The minimum absolute atomic E-state index is 0.0521. The molecule has 102 valence electrons. The van der Waals surface area contributed by atoms with Crippen LogP contribution >= 0.6 is 0 Å². The largest absolute Gasteiger partial charge is 0.416 e. The average molecular weight is 263 g/mol. The van der Waals surface area contributed by atoms with Crippen LogP contribution in [0, 0.1) is 0 Å². The van der Waals surface area contributed by atoms with Crippen molar-refractivity contribution in [3.63, 3.8) is 0 Å². The quantitative estimate of drug-likeness (QED) is 0.820. The predicted octanol–water partition coefficient (Wildman–Crippen LogP) is 0.335. The number of amides is 2. The van der Waals surface area contributed by atoms with Crippen molar-refractivity contribution in [3.05, 3.63) is 30.3 Å². The zero-order valence-electron chi connectivity index (χ0n) is 10.5. The molecular weight excluding hydrogens is 246 g/mol. The van der Waals surface area contributed by atoms with E-state index < -0.39 is 12.0 Å². The summed E-state index contributed by atoms with van der Waals surface area (Å²) < 4.78 is 5.24. The molecule has 0 spiro atoms. The van der Waals surface area contributed by atoms with Gasteiger partial charge >= 0.3 is 6.09 Å². The molecule has 1 atom stereocenters. The Morgan fingerprint density at radius 3 is 2.68 bits per heavy atom. The molecule has 0 saturated carbocycles. The molecule has 1 aliphatic rings. The molecule has 6 nitrogen and oxygen atoms in total. The smallest absolute Gasteiger partial charge is 0.410 e. The first kappa shape index (κ1) is 13.4. The van der Waals surface area contributed by atoms with Gasteiger partial charge in [-0.1, -0.05) is 18.2 Å². The fraction of sp³-hybridized carbons (Fsp3) is 0.385. The van der Waals surface area contributed by atoms with Crippen molar-refractivity contribution < 1.29 is 14.3 Å². The van der Waals surface area contributed by atoms with E-state index in [2.05, 4.69) is 5.32 Å². The van der Waals surface area contributed by atoms with E-state index in [0.29, 0.717) is 12.3 Å². The van der Waals surface area contributed by atoms with E-state index >= 15 is 0 Å². The summed E-state index contributed by atoms with van der Waals surface area (Å²) in [6.45, 7) is 1.34. The topological polar surface area (TPSA) is 84.7 Å². The number of nitrogens with two attached hydrogens (primary N) is 1. The monoisotopic (exact) mass is 263 g/mol. The predicted molar refractivity (Wildman–Crippen MR) is 69.6 cm³/mol. The number of benzene rings is 1. The third-order valence-corrected chi connectivity index (χ3v) is 2.98. The Bertz CT molecular complexity index is 444. The number of carbonyl (C=O) groups excluding carboxylic acids is 2. The number of hydrogen-bond donors (Lipinski definition) is 2. The van der Waals surface area contributed by atoms with Crippen LogP contribution in [-0.2, 0) is 4.79 Å². The van der Waals surface area contributed by atoms with E-state index in [9.17, 15) is 9.59 Å². The number of nitrogens with zero attached hydrogens (tertiary/aromatic N) is 1. The summed E-state index contributed by atoms with van der Waals surface area (Å²) in [5.74, 6) is -0.0927. The Morgan fingerprint density at radius 1 is 1.37 bits per heavy atom. The van der Waals surface area contributed by atoms with Gasteiger partial charge in [-0.05, 0) is 25.1 Å². The minimum Gasteiger partial charge on any atom is -0.410 e. The van der Waals surface area contributed by atoms with Crippen LogP contribution in [0.1, 0.15) is 6.42 Å². The van der Waals surface area contributed by atoms with E-state index in [1.165, 1.54) is 4.90 Å². The van der Waals surface area contributed by atoms with Crippen LogP contribution in [0.15, 0.2) is 30.3 Å². The van der Waals surface area contributed by atoms with Gasteiger partial charge in [0, 0.05) is 12.6 Å². The standard InChI is InChI=1S/C13H17N3O3/c14-12(17)9-16(10-6-7-15-8-10)13(18)19-11-4-2-1-3-5-11/h1-5,10,15H,6-9H2,(H2,14,17). The van der Waals surface area contributed by atoms with Crippen molar-refractivity contribution in [2.75, 3.05) is 19.6 Å². The molecule has 2 amide bonds. The molecule has 1 aromatic rings. The first-order chi connectivity index (χ1) is 9.16. The zero-order chi connectivity index (χ0) is 13.7. The van der Waals surface area contributed by atoms with Crippen LogP contribution in [0.5, 0.6) is 5.75 Å². The highest BCUT2D eigenvalue weighted by molar-refractivity contribution is 5.81. The summed E-state index contributed by atoms with van der Waals surface area (Å²) in [4.78, 5) is 24.6. The third-order valence-electron chi connectivity index (χ3n) is 2.98. The molecule has 1 saturated heterocycles. The number of para-hydroxylation sites is 1. The van der Waals surface area contributed by atoms with Crippen LogP contribution in [0.3, 0.4) is 0 Å². The van der Waals surface area contributed by atoms with Gasteiger partial charge in [0.2, 0.25) is 5.91 Å². The van der Waals surface area contributed by atoms with Crippen LogP contribution in [0.2, 0.25) is 0 Å². The van der Waals surface area contributed by atoms with Crippen LogP contribution < -0.4 is 15.8 Å². The molecule has 0 aromatic heterocycles. The third kappa shape index (κ3) is 3.69. The van der Waals surface area contributed by atoms with Gasteiger partial charge in [0.15, 0.2) is 0 Å². The molecule has 19 heavy (non-hydrogen) atoms. The van der Waals surface area contributed by atoms with Gasteiger partial charge in [-0.15, -0.1) is 0 Å². The second-order valence-corrected chi connectivity index (χ2v) is 4.42. The van der Waals surface area contributed by atoms with E-state index in [1.807, 2.05) is 6.07 Å². The van der Waals surface area contributed by atoms with Crippen molar-refractivity contribution in [1.82, 2.24) is 10.2 Å². The molecule has 2 rings (SSSR count). The molecule has 1 fully saturated rings. The van der Waals surface area contributed by atoms with Crippen LogP contribution in [0.4, 0.5) is 4.79 Å². The lowest BCUT2D eigenvalue weighted by molar-refractivity contribution is -0.119. The van der Waals surface area contributed by atoms with Crippen molar-refractivity contribution in [3.8, 4) is 5.75 Å². The number of carbonyl (C=O) groups is 2. The molecule has 0 radical (unpaired) electrons. The highest BCUT2D eigenvalue weighted by atomic mass is 16.6. The molecule has 1 heterocycles. The molecule has 6 heteroatoms. The molecule has 1 aliphatic heterocycles. The van der Waals surface area contributed by atoms with Crippen molar-refractivity contribution in [2.45, 2.75) is 12.5 Å². The Morgan fingerprint density at radius 2 is 2.11 bits per heavy atom. The SMILES string of the molecule is NC(=O)CN(C(=O)Oc1ccccc1)C1CCNC1. The highest BCUT2D eigenvalue weighted by Gasteiger charge is 2.29. The molecule has 1 unspecified atom stereocenters. The fourth-order valence-electron chi connectivity index (χ4n) is 2.06. The van der Waals surface area contributed by atoms with Gasteiger partial charge in [-0.2, -0.15) is 0 Å². The normalized spacial score (nSPS) is 18.0. The van der Waals surface area contributed by atoms with E-state index in [-0.39, 0.29) is 12.6 Å². The van der Waals surface area contributed by atoms with Gasteiger partial charge in [-0.3, -0.25) is 9.69 Å². The summed E-state index contributed by atoms with van der Waals surface area (Å²) >= 11 is 0. The number of hydrogen-bond acceptors (Lipinski definition) is 4. The molecule has 1 aromatic carbocycles. The second-order valence-electron chi connectivity index (χ2n) is 4.42. The van der Waals surface area contributed by atoms with Gasteiger partial charge in [0.05, 0.1) is 0 Å². The zero-order valence-corrected chi connectivity index (χ0v) is 10.5. The summed E-state index contributed by atoms with van der Waals surface area (Å²) in [6.07, 6.45) is 0.246. The molecule has 0 bridgehead atoms.